The van der Waals surface area contributed by atoms with E-state index in [1.165, 1.54) is 0 Å². The highest BCUT2D eigenvalue weighted by atomic mass is 35.5. The zero-order chi connectivity index (χ0) is 8.27. The fraction of sp³-hybridized carbons (Fsp3) is 0.222. The van der Waals surface area contributed by atoms with Gasteiger partial charge in [0.25, 0.3) is 0 Å². The Hall–Kier alpha value is -0.820. The summed E-state index contributed by atoms with van der Waals surface area (Å²) in [4.78, 5) is 10.5. The molecule has 0 saturated heterocycles. The predicted molar refractivity (Wildman–Crippen MR) is 46.1 cm³/mol. The van der Waals surface area contributed by atoms with Crippen LogP contribution in [-0.4, -0.2) is 6.29 Å². The standard InChI is InChI=1S/C9H9ClO/c1-7-8(5-10)3-2-4-9(7)6-11/h2-4,6H,5H2,1H3. The molecule has 58 valence electrons. The predicted octanol–water partition coefficient (Wildman–Crippen LogP) is 2.55. The third kappa shape index (κ3) is 1.60. The van der Waals surface area contributed by atoms with Crippen molar-refractivity contribution in [2.75, 3.05) is 0 Å². The number of alkyl halides is 1. The van der Waals surface area contributed by atoms with Gasteiger partial charge in [0.05, 0.1) is 0 Å². The highest BCUT2D eigenvalue weighted by Gasteiger charge is 2.00. The van der Waals surface area contributed by atoms with Crippen molar-refractivity contribution in [3.63, 3.8) is 0 Å². The molecule has 11 heavy (non-hydrogen) atoms. The maximum absolute atomic E-state index is 10.5. The molecule has 0 amide bonds. The average molecular weight is 169 g/mol. The maximum Gasteiger partial charge on any atom is 0.150 e. The first-order valence-corrected chi connectivity index (χ1v) is 3.92. The van der Waals surface area contributed by atoms with Crippen molar-refractivity contribution in [3.8, 4) is 0 Å². The highest BCUT2D eigenvalue weighted by Crippen LogP contribution is 2.13. The minimum atomic E-state index is 0.466. The van der Waals surface area contributed by atoms with Crippen LogP contribution in [0.25, 0.3) is 0 Å². The van der Waals surface area contributed by atoms with E-state index >= 15 is 0 Å². The molecule has 0 saturated carbocycles. The van der Waals surface area contributed by atoms with Gasteiger partial charge in [-0.25, -0.2) is 0 Å². The van der Waals surface area contributed by atoms with Gasteiger partial charge in [-0.05, 0) is 18.1 Å². The molecule has 0 radical (unpaired) electrons. The largest absolute Gasteiger partial charge is 0.298 e. The van der Waals surface area contributed by atoms with Gasteiger partial charge >= 0.3 is 0 Å². The van der Waals surface area contributed by atoms with Gasteiger partial charge in [-0.1, -0.05) is 18.2 Å². The Morgan fingerprint density at radius 1 is 1.55 bits per heavy atom. The number of benzene rings is 1. The molecule has 0 aromatic heterocycles. The van der Waals surface area contributed by atoms with Gasteiger partial charge in [0.2, 0.25) is 0 Å². The molecule has 2 heteroatoms. The van der Waals surface area contributed by atoms with Gasteiger partial charge in [0.15, 0.2) is 0 Å². The van der Waals surface area contributed by atoms with Crippen LogP contribution in [0.4, 0.5) is 0 Å². The van der Waals surface area contributed by atoms with Gasteiger partial charge in [0, 0.05) is 11.4 Å². The van der Waals surface area contributed by atoms with Gasteiger partial charge in [-0.2, -0.15) is 0 Å². The first kappa shape index (κ1) is 8.28. The van der Waals surface area contributed by atoms with Gasteiger partial charge in [0.1, 0.15) is 6.29 Å². The molecule has 0 aliphatic rings. The number of halogens is 1. The lowest BCUT2D eigenvalue weighted by atomic mass is 10.0. The first-order chi connectivity index (χ1) is 5.29. The Labute approximate surface area is 71.0 Å². The van der Waals surface area contributed by atoms with E-state index in [0.717, 1.165) is 23.0 Å². The Kier molecular flexibility index (Phi) is 2.66. The topological polar surface area (TPSA) is 17.1 Å². The minimum Gasteiger partial charge on any atom is -0.298 e. The van der Waals surface area contributed by atoms with E-state index in [2.05, 4.69) is 0 Å². The van der Waals surface area contributed by atoms with Crippen molar-refractivity contribution in [2.45, 2.75) is 12.8 Å². The summed E-state index contributed by atoms with van der Waals surface area (Å²) in [5, 5.41) is 0. The highest BCUT2D eigenvalue weighted by molar-refractivity contribution is 6.17. The van der Waals surface area contributed by atoms with Crippen molar-refractivity contribution >= 4 is 17.9 Å². The molecule has 0 fully saturated rings. The second-order valence-electron chi connectivity index (χ2n) is 2.38. The van der Waals surface area contributed by atoms with E-state index in [-0.39, 0.29) is 0 Å². The second-order valence-corrected chi connectivity index (χ2v) is 2.65. The number of aldehydes is 1. The summed E-state index contributed by atoms with van der Waals surface area (Å²) in [5.41, 5.74) is 2.73. The van der Waals surface area contributed by atoms with E-state index in [0.29, 0.717) is 5.88 Å². The van der Waals surface area contributed by atoms with Crippen LogP contribution < -0.4 is 0 Å². The third-order valence-corrected chi connectivity index (χ3v) is 2.05. The SMILES string of the molecule is Cc1c(C=O)cccc1CCl. The first-order valence-electron chi connectivity index (χ1n) is 3.39. The summed E-state index contributed by atoms with van der Waals surface area (Å²) in [6, 6.07) is 5.56. The lowest BCUT2D eigenvalue weighted by Crippen LogP contribution is -1.90. The van der Waals surface area contributed by atoms with Crippen molar-refractivity contribution in [3.05, 3.63) is 34.9 Å². The van der Waals surface area contributed by atoms with E-state index in [9.17, 15) is 4.79 Å². The molecule has 0 heterocycles. The smallest absolute Gasteiger partial charge is 0.150 e. The van der Waals surface area contributed by atoms with Crippen LogP contribution in [0.15, 0.2) is 18.2 Å². The second kappa shape index (κ2) is 3.54. The normalized spacial score (nSPS) is 9.64. The fourth-order valence-corrected chi connectivity index (χ4v) is 1.27. The molecular weight excluding hydrogens is 160 g/mol. The van der Waals surface area contributed by atoms with Gasteiger partial charge in [-0.15, -0.1) is 11.6 Å². The van der Waals surface area contributed by atoms with Crippen LogP contribution >= 0.6 is 11.6 Å². The molecule has 1 aromatic carbocycles. The number of carbonyl (C=O) groups is 1. The summed E-state index contributed by atoms with van der Waals surface area (Å²) in [6.45, 7) is 1.90. The Bertz CT molecular complexity index is 268. The summed E-state index contributed by atoms with van der Waals surface area (Å²) in [6.07, 6.45) is 0.853. The Morgan fingerprint density at radius 3 is 2.82 bits per heavy atom. The fourth-order valence-electron chi connectivity index (χ4n) is 0.976. The van der Waals surface area contributed by atoms with Gasteiger partial charge < -0.3 is 0 Å². The minimum absolute atomic E-state index is 0.466. The monoisotopic (exact) mass is 168 g/mol. The van der Waals surface area contributed by atoms with Crippen LogP contribution in [0.3, 0.4) is 0 Å². The van der Waals surface area contributed by atoms with E-state index in [1.54, 1.807) is 6.07 Å². The summed E-state index contributed by atoms with van der Waals surface area (Å²) >= 11 is 5.65. The molecule has 0 atom stereocenters. The molecule has 0 aliphatic heterocycles. The number of hydrogen-bond acceptors (Lipinski definition) is 1. The summed E-state index contributed by atoms with van der Waals surface area (Å²) in [7, 11) is 0. The van der Waals surface area contributed by atoms with Crippen LogP contribution in [0.1, 0.15) is 21.5 Å². The number of carbonyl (C=O) groups excluding carboxylic acids is 1. The summed E-state index contributed by atoms with van der Waals surface area (Å²) < 4.78 is 0. The number of hydrogen-bond donors (Lipinski definition) is 0. The zero-order valence-corrected chi connectivity index (χ0v) is 7.06. The summed E-state index contributed by atoms with van der Waals surface area (Å²) in [5.74, 6) is 0.466. The molecule has 1 nitrogen and oxygen atoms in total. The van der Waals surface area contributed by atoms with Crippen molar-refractivity contribution in [1.29, 1.82) is 0 Å². The van der Waals surface area contributed by atoms with E-state index in [1.807, 2.05) is 19.1 Å². The Morgan fingerprint density at radius 2 is 2.27 bits per heavy atom. The van der Waals surface area contributed by atoms with Crippen LogP contribution in [-0.2, 0) is 5.88 Å². The Balaban J connectivity index is 3.20. The quantitative estimate of drug-likeness (QED) is 0.490. The lowest BCUT2D eigenvalue weighted by molar-refractivity contribution is 0.112. The average Bonchev–Trinajstić information content (AvgIpc) is 2.05. The van der Waals surface area contributed by atoms with Crippen molar-refractivity contribution in [1.82, 2.24) is 0 Å². The number of rotatable bonds is 2. The molecule has 1 rings (SSSR count). The molecule has 1 aromatic rings. The van der Waals surface area contributed by atoms with Crippen molar-refractivity contribution < 1.29 is 4.79 Å². The van der Waals surface area contributed by atoms with E-state index in [4.69, 9.17) is 11.6 Å². The third-order valence-electron chi connectivity index (χ3n) is 1.76. The van der Waals surface area contributed by atoms with Crippen LogP contribution in [0.5, 0.6) is 0 Å². The molecule has 0 spiro atoms. The lowest BCUT2D eigenvalue weighted by Gasteiger charge is -2.02. The van der Waals surface area contributed by atoms with Crippen molar-refractivity contribution in [2.24, 2.45) is 0 Å². The van der Waals surface area contributed by atoms with Crippen LogP contribution in [0.2, 0.25) is 0 Å². The van der Waals surface area contributed by atoms with E-state index < -0.39 is 0 Å². The molecule has 0 unspecified atom stereocenters. The molecular formula is C9H9ClO. The van der Waals surface area contributed by atoms with Gasteiger partial charge in [-0.3, -0.25) is 4.79 Å². The zero-order valence-electron chi connectivity index (χ0n) is 6.30. The maximum atomic E-state index is 10.5. The van der Waals surface area contributed by atoms with Crippen LogP contribution in [0, 0.1) is 6.92 Å². The molecule has 0 bridgehead atoms. The molecule has 0 aliphatic carbocycles. The molecule has 0 N–H and O–H groups in total.